The van der Waals surface area contributed by atoms with Gasteiger partial charge in [-0.3, -0.25) is 0 Å². The van der Waals surface area contributed by atoms with Crippen LogP contribution in [0.2, 0.25) is 0 Å². The van der Waals surface area contributed by atoms with Crippen molar-refractivity contribution < 1.29 is 0 Å². The van der Waals surface area contributed by atoms with Crippen molar-refractivity contribution in [3.05, 3.63) is 34.4 Å². The van der Waals surface area contributed by atoms with Gasteiger partial charge in [0, 0.05) is 0 Å². The lowest BCUT2D eigenvalue weighted by atomic mass is 9.95. The lowest BCUT2D eigenvalue weighted by molar-refractivity contribution is 0.945. The highest BCUT2D eigenvalue weighted by Gasteiger charge is 2.13. The Labute approximate surface area is 88.4 Å². The van der Waals surface area contributed by atoms with Crippen LogP contribution in [0.4, 0.5) is 0 Å². The Bertz CT molecular complexity index is 281. The predicted molar refractivity (Wildman–Crippen MR) is 64.4 cm³/mol. The number of rotatable bonds is 4. The van der Waals surface area contributed by atoms with Crippen LogP contribution in [0, 0.1) is 0 Å². The SMILES string of the molecule is CCC1=C(CC)C(=C(CC)CC)C=C1. The maximum absolute atomic E-state index is 2.32. The minimum Gasteiger partial charge on any atom is -0.0632 e. The molecule has 0 aromatic heterocycles. The number of allylic oxidation sites excluding steroid dienone is 6. The van der Waals surface area contributed by atoms with Gasteiger partial charge in [-0.05, 0) is 42.4 Å². The first-order chi connectivity index (χ1) is 6.78. The molecule has 0 radical (unpaired) electrons. The number of hydrogen-bond donors (Lipinski definition) is 0. The molecule has 0 aromatic carbocycles. The van der Waals surface area contributed by atoms with Crippen LogP contribution < -0.4 is 0 Å². The van der Waals surface area contributed by atoms with Gasteiger partial charge in [-0.1, -0.05) is 45.4 Å². The molecule has 0 nitrogen and oxygen atoms in total. The van der Waals surface area contributed by atoms with Gasteiger partial charge in [0.05, 0.1) is 0 Å². The highest BCUT2D eigenvalue weighted by molar-refractivity contribution is 5.55. The monoisotopic (exact) mass is 190 g/mol. The fourth-order valence-electron chi connectivity index (χ4n) is 2.27. The molecule has 0 amide bonds. The third-order valence-corrected chi connectivity index (χ3v) is 3.13. The average Bonchev–Trinajstić information content (AvgIpc) is 2.62. The molecule has 0 aromatic rings. The van der Waals surface area contributed by atoms with E-state index in [1.807, 2.05) is 0 Å². The summed E-state index contributed by atoms with van der Waals surface area (Å²) >= 11 is 0. The summed E-state index contributed by atoms with van der Waals surface area (Å²) in [6.45, 7) is 9.03. The molecule has 0 N–H and O–H groups in total. The molecule has 0 bridgehead atoms. The van der Waals surface area contributed by atoms with Crippen molar-refractivity contribution in [2.24, 2.45) is 0 Å². The van der Waals surface area contributed by atoms with Crippen molar-refractivity contribution in [3.8, 4) is 0 Å². The van der Waals surface area contributed by atoms with Crippen LogP contribution in [0.1, 0.15) is 53.4 Å². The summed E-state index contributed by atoms with van der Waals surface area (Å²) in [7, 11) is 0. The molecular formula is C14H22. The van der Waals surface area contributed by atoms with Gasteiger partial charge in [0.25, 0.3) is 0 Å². The second-order valence-corrected chi connectivity index (χ2v) is 3.77. The zero-order valence-corrected chi connectivity index (χ0v) is 9.98. The molecule has 0 spiro atoms. The average molecular weight is 190 g/mol. The van der Waals surface area contributed by atoms with Gasteiger partial charge in [-0.2, -0.15) is 0 Å². The molecule has 0 saturated heterocycles. The summed E-state index contributed by atoms with van der Waals surface area (Å²) in [6.07, 6.45) is 9.35. The Morgan fingerprint density at radius 2 is 1.57 bits per heavy atom. The molecule has 0 heteroatoms. The van der Waals surface area contributed by atoms with E-state index in [1.54, 1.807) is 16.7 Å². The van der Waals surface area contributed by atoms with Crippen LogP contribution in [0.5, 0.6) is 0 Å². The second-order valence-electron chi connectivity index (χ2n) is 3.77. The fraction of sp³-hybridized carbons (Fsp3) is 0.571. The Balaban J connectivity index is 3.10. The Morgan fingerprint density at radius 1 is 0.929 bits per heavy atom. The summed E-state index contributed by atoms with van der Waals surface area (Å²) in [4.78, 5) is 0. The molecule has 0 unspecified atom stereocenters. The van der Waals surface area contributed by atoms with Crippen LogP contribution in [0.25, 0.3) is 0 Å². The van der Waals surface area contributed by atoms with Crippen molar-refractivity contribution in [2.45, 2.75) is 53.4 Å². The van der Waals surface area contributed by atoms with Crippen molar-refractivity contribution in [1.29, 1.82) is 0 Å². The second kappa shape index (κ2) is 5.19. The zero-order valence-electron chi connectivity index (χ0n) is 9.98. The normalized spacial score (nSPS) is 15.6. The maximum atomic E-state index is 2.32. The molecule has 0 saturated carbocycles. The smallest absolute Gasteiger partial charge is 0.0230 e. The van der Waals surface area contributed by atoms with Gasteiger partial charge < -0.3 is 0 Å². The quantitative estimate of drug-likeness (QED) is 0.598. The van der Waals surface area contributed by atoms with Gasteiger partial charge in [0.15, 0.2) is 0 Å². The summed E-state index contributed by atoms with van der Waals surface area (Å²) in [5.41, 5.74) is 6.28. The highest BCUT2D eigenvalue weighted by Crippen LogP contribution is 2.33. The lowest BCUT2D eigenvalue weighted by Crippen LogP contribution is -1.91. The van der Waals surface area contributed by atoms with Crippen molar-refractivity contribution in [1.82, 2.24) is 0 Å². The van der Waals surface area contributed by atoms with E-state index in [-0.39, 0.29) is 0 Å². The Hall–Kier alpha value is -0.780. The van der Waals surface area contributed by atoms with E-state index in [2.05, 4.69) is 39.8 Å². The molecule has 14 heavy (non-hydrogen) atoms. The van der Waals surface area contributed by atoms with Gasteiger partial charge >= 0.3 is 0 Å². The Morgan fingerprint density at radius 3 is 2.00 bits per heavy atom. The first-order valence-electron chi connectivity index (χ1n) is 5.90. The third kappa shape index (κ3) is 2.00. The summed E-state index contributed by atoms with van der Waals surface area (Å²) < 4.78 is 0. The van der Waals surface area contributed by atoms with E-state index in [0.717, 1.165) is 0 Å². The van der Waals surface area contributed by atoms with Crippen LogP contribution in [-0.2, 0) is 0 Å². The van der Waals surface area contributed by atoms with Gasteiger partial charge in [-0.15, -0.1) is 0 Å². The lowest BCUT2D eigenvalue weighted by Gasteiger charge is -2.10. The van der Waals surface area contributed by atoms with Crippen molar-refractivity contribution in [2.75, 3.05) is 0 Å². The van der Waals surface area contributed by atoms with Crippen LogP contribution in [0.15, 0.2) is 34.4 Å². The number of hydrogen-bond acceptors (Lipinski definition) is 0. The molecule has 1 aliphatic rings. The van der Waals surface area contributed by atoms with E-state index >= 15 is 0 Å². The highest BCUT2D eigenvalue weighted by atomic mass is 14.2. The summed E-state index contributed by atoms with van der Waals surface area (Å²) in [6, 6.07) is 0. The summed E-state index contributed by atoms with van der Waals surface area (Å²) in [5.74, 6) is 0. The first-order valence-corrected chi connectivity index (χ1v) is 5.90. The molecule has 1 rings (SSSR count). The molecule has 0 atom stereocenters. The van der Waals surface area contributed by atoms with E-state index < -0.39 is 0 Å². The molecule has 0 aliphatic heterocycles. The molecule has 1 aliphatic carbocycles. The minimum atomic E-state index is 1.17. The van der Waals surface area contributed by atoms with Gasteiger partial charge in [-0.25, -0.2) is 0 Å². The fourth-order valence-corrected chi connectivity index (χ4v) is 2.27. The molecule has 0 heterocycles. The predicted octanol–water partition coefficient (Wildman–Crippen LogP) is 4.79. The first kappa shape index (κ1) is 11.3. The van der Waals surface area contributed by atoms with Crippen molar-refractivity contribution >= 4 is 0 Å². The minimum absolute atomic E-state index is 1.17. The van der Waals surface area contributed by atoms with Crippen LogP contribution >= 0.6 is 0 Å². The van der Waals surface area contributed by atoms with E-state index in [9.17, 15) is 0 Å². The largest absolute Gasteiger partial charge is 0.0632 e. The zero-order chi connectivity index (χ0) is 10.6. The van der Waals surface area contributed by atoms with Crippen LogP contribution in [0.3, 0.4) is 0 Å². The third-order valence-electron chi connectivity index (χ3n) is 3.13. The van der Waals surface area contributed by atoms with Gasteiger partial charge in [0.2, 0.25) is 0 Å². The van der Waals surface area contributed by atoms with E-state index in [0.29, 0.717) is 0 Å². The Kier molecular flexibility index (Phi) is 4.19. The summed E-state index contributed by atoms with van der Waals surface area (Å²) in [5, 5.41) is 0. The standard InChI is InChI=1S/C14H22/c1-5-11(6-2)14-10-9-12(7-3)13(14)8-4/h9-10H,5-8H2,1-4H3. The molecule has 78 valence electrons. The molecular weight excluding hydrogens is 168 g/mol. The van der Waals surface area contributed by atoms with Gasteiger partial charge in [0.1, 0.15) is 0 Å². The molecule has 0 fully saturated rings. The van der Waals surface area contributed by atoms with Crippen LogP contribution in [-0.4, -0.2) is 0 Å². The van der Waals surface area contributed by atoms with E-state index in [1.165, 1.54) is 31.3 Å². The maximum Gasteiger partial charge on any atom is -0.0230 e. The topological polar surface area (TPSA) is 0 Å². The van der Waals surface area contributed by atoms with Crippen molar-refractivity contribution in [3.63, 3.8) is 0 Å². The van der Waals surface area contributed by atoms with E-state index in [4.69, 9.17) is 0 Å².